The number of carbonyl (C=O) groups excluding carboxylic acids is 3. The zero-order chi connectivity index (χ0) is 29.1. The molecule has 3 rings (SSSR count). The minimum absolute atomic E-state index is 0.0922. The average Bonchev–Trinajstić information content (AvgIpc) is 3.30. The molecule has 2 heterocycles. The second-order valence-corrected chi connectivity index (χ2v) is 11.0. The summed E-state index contributed by atoms with van der Waals surface area (Å²) < 4.78 is 15.7. The van der Waals surface area contributed by atoms with Crippen LogP contribution >= 0.6 is 0 Å². The van der Waals surface area contributed by atoms with Crippen LogP contribution in [0.25, 0.3) is 6.08 Å². The third-order valence-electron chi connectivity index (χ3n) is 6.99. The van der Waals surface area contributed by atoms with Crippen molar-refractivity contribution < 1.29 is 33.7 Å². The maximum atomic E-state index is 13.4. The Hall–Kier alpha value is -3.59. The van der Waals surface area contributed by atoms with Gasteiger partial charge < -0.3 is 29.2 Å². The highest BCUT2D eigenvalue weighted by Gasteiger charge is 2.44. The smallest absolute Gasteiger partial charge is 0.355 e. The second-order valence-electron chi connectivity index (χ2n) is 11.0. The van der Waals surface area contributed by atoms with Crippen LogP contribution in [0.15, 0.2) is 30.0 Å². The number of nitrogens with zero attached hydrogens (tertiary/aromatic N) is 1. The third-order valence-corrected chi connectivity index (χ3v) is 6.99. The fourth-order valence-electron chi connectivity index (χ4n) is 4.98. The number of likely N-dealkylation sites (tertiary alicyclic amines) is 1. The van der Waals surface area contributed by atoms with Crippen molar-refractivity contribution in [3.05, 3.63) is 58.0 Å². The van der Waals surface area contributed by atoms with Crippen LogP contribution in [0, 0.1) is 18.8 Å². The summed E-state index contributed by atoms with van der Waals surface area (Å²) in [5.74, 6) is -1.18. The number of hydrogen-bond donors (Lipinski definition) is 2. The first-order valence-corrected chi connectivity index (χ1v) is 13.1. The van der Waals surface area contributed by atoms with Crippen molar-refractivity contribution in [2.24, 2.45) is 11.8 Å². The van der Waals surface area contributed by atoms with Gasteiger partial charge in [0.15, 0.2) is 0 Å². The Morgan fingerprint density at radius 1 is 1.18 bits per heavy atom. The van der Waals surface area contributed by atoms with E-state index in [0.29, 0.717) is 29.2 Å². The number of hydrogen-bond acceptors (Lipinski definition) is 7. The molecular weight excluding hydrogens is 500 g/mol. The summed E-state index contributed by atoms with van der Waals surface area (Å²) in [6.45, 7) is 11.0. The van der Waals surface area contributed by atoms with Gasteiger partial charge in [-0.2, -0.15) is 0 Å². The SMILES string of the molecule is COC(=O)CCc1c(C(=O)OC(C)(C)C)[nH]c(/C=C2/[C@H]([C@H](C)O)[C@@H](C)C(=O)N2Cc2ccc(OC)cc2)c1C. The molecule has 2 N–H and O–H groups in total. The van der Waals surface area contributed by atoms with Crippen molar-refractivity contribution in [1.82, 2.24) is 9.88 Å². The lowest BCUT2D eigenvalue weighted by Gasteiger charge is -2.23. The van der Waals surface area contributed by atoms with Gasteiger partial charge in [-0.25, -0.2) is 4.79 Å². The lowest BCUT2D eigenvalue weighted by atomic mass is 9.89. The number of esters is 2. The molecule has 0 bridgehead atoms. The van der Waals surface area contributed by atoms with Crippen molar-refractivity contribution in [3.63, 3.8) is 0 Å². The molecule has 1 aromatic carbocycles. The number of aromatic nitrogens is 1. The molecule has 9 nitrogen and oxygen atoms in total. The van der Waals surface area contributed by atoms with Gasteiger partial charge in [0.25, 0.3) is 0 Å². The average molecular weight is 541 g/mol. The largest absolute Gasteiger partial charge is 0.497 e. The summed E-state index contributed by atoms with van der Waals surface area (Å²) in [6, 6.07) is 7.47. The van der Waals surface area contributed by atoms with Gasteiger partial charge in [0, 0.05) is 29.6 Å². The van der Waals surface area contributed by atoms with Gasteiger partial charge in [-0.1, -0.05) is 19.1 Å². The number of aliphatic hydroxyl groups is 1. The van der Waals surface area contributed by atoms with E-state index in [1.54, 1.807) is 39.7 Å². The zero-order valence-corrected chi connectivity index (χ0v) is 24.1. The Bertz CT molecular complexity index is 1240. The fourth-order valence-corrected chi connectivity index (χ4v) is 4.98. The monoisotopic (exact) mass is 540 g/mol. The standard InChI is InChI=1S/C30H40N2O7/c1-17-22(13-14-25(34)38-8)27(29(36)39-30(4,5)6)31-23(17)15-24-26(19(3)33)18(2)28(35)32(24)16-20-9-11-21(37-7)12-10-20/h9-12,15,18-19,26,31,33H,13-14,16H2,1-8H3/b24-15-/t18-,19+,26+/m1/s1. The quantitative estimate of drug-likeness (QED) is 0.453. The van der Waals surface area contributed by atoms with Crippen LogP contribution in [0.5, 0.6) is 5.75 Å². The molecule has 1 fully saturated rings. The maximum absolute atomic E-state index is 13.4. The number of ether oxygens (including phenoxy) is 3. The van der Waals surface area contributed by atoms with Gasteiger partial charge in [-0.15, -0.1) is 0 Å². The summed E-state index contributed by atoms with van der Waals surface area (Å²) in [6.07, 6.45) is 1.41. The Balaban J connectivity index is 2.10. The number of carbonyl (C=O) groups is 3. The van der Waals surface area contributed by atoms with E-state index in [4.69, 9.17) is 14.2 Å². The second kappa shape index (κ2) is 12.1. The normalized spacial score (nSPS) is 19.4. The van der Waals surface area contributed by atoms with Crippen molar-refractivity contribution in [1.29, 1.82) is 0 Å². The van der Waals surface area contributed by atoms with Crippen molar-refractivity contribution in [2.45, 2.75) is 72.6 Å². The Kier molecular flexibility index (Phi) is 9.27. The molecule has 0 spiro atoms. The summed E-state index contributed by atoms with van der Waals surface area (Å²) in [4.78, 5) is 43.3. The summed E-state index contributed by atoms with van der Waals surface area (Å²) in [5, 5.41) is 10.7. The third kappa shape index (κ3) is 6.89. The van der Waals surface area contributed by atoms with E-state index in [9.17, 15) is 19.5 Å². The minimum atomic E-state index is -0.782. The molecule has 1 aliphatic heterocycles. The fraction of sp³-hybridized carbons (Fsp3) is 0.500. The van der Waals surface area contributed by atoms with E-state index in [2.05, 4.69) is 4.98 Å². The van der Waals surface area contributed by atoms with E-state index in [0.717, 1.165) is 11.1 Å². The molecule has 0 radical (unpaired) electrons. The van der Waals surface area contributed by atoms with E-state index >= 15 is 0 Å². The van der Waals surface area contributed by atoms with Crippen LogP contribution in [-0.4, -0.2) is 58.8 Å². The van der Waals surface area contributed by atoms with E-state index in [-0.39, 0.29) is 30.4 Å². The van der Waals surface area contributed by atoms with Crippen molar-refractivity contribution in [2.75, 3.05) is 14.2 Å². The number of methoxy groups -OCH3 is 2. The first-order chi connectivity index (χ1) is 18.3. The molecule has 1 amide bonds. The molecule has 1 aliphatic rings. The van der Waals surface area contributed by atoms with E-state index in [1.807, 2.05) is 44.2 Å². The molecule has 0 saturated carbocycles. The Morgan fingerprint density at radius 2 is 1.82 bits per heavy atom. The van der Waals surface area contributed by atoms with Gasteiger partial charge >= 0.3 is 11.9 Å². The molecule has 1 saturated heterocycles. The van der Waals surface area contributed by atoms with Crippen LogP contribution in [-0.2, 0) is 32.0 Å². The number of H-pyrrole nitrogens is 1. The molecule has 2 aromatic rings. The number of rotatable bonds is 9. The van der Waals surface area contributed by atoms with Gasteiger partial charge in [0.05, 0.1) is 26.9 Å². The molecule has 0 aliphatic carbocycles. The molecule has 3 atom stereocenters. The molecule has 39 heavy (non-hydrogen) atoms. The molecule has 0 unspecified atom stereocenters. The van der Waals surface area contributed by atoms with Crippen molar-refractivity contribution >= 4 is 23.9 Å². The van der Waals surface area contributed by atoms with Crippen molar-refractivity contribution in [3.8, 4) is 5.75 Å². The molecule has 1 aromatic heterocycles. The summed E-state index contributed by atoms with van der Waals surface area (Å²) in [7, 11) is 2.92. The highest BCUT2D eigenvalue weighted by molar-refractivity contribution is 5.91. The number of nitrogens with one attached hydrogen (secondary N) is 1. The first-order valence-electron chi connectivity index (χ1n) is 13.1. The molecular formula is C30H40N2O7. The van der Waals surface area contributed by atoms with Crippen LogP contribution in [0.4, 0.5) is 0 Å². The van der Waals surface area contributed by atoms with Gasteiger partial charge in [-0.3, -0.25) is 9.59 Å². The Labute approximate surface area is 230 Å². The number of benzene rings is 1. The number of aromatic amines is 1. The highest BCUT2D eigenvalue weighted by atomic mass is 16.6. The van der Waals surface area contributed by atoms with E-state index in [1.165, 1.54) is 7.11 Å². The van der Waals surface area contributed by atoms with Gasteiger partial charge in [0.1, 0.15) is 17.0 Å². The lowest BCUT2D eigenvalue weighted by Crippen LogP contribution is -2.25. The topological polar surface area (TPSA) is 118 Å². The maximum Gasteiger partial charge on any atom is 0.355 e. The molecule has 212 valence electrons. The van der Waals surface area contributed by atoms with Gasteiger partial charge in [0.2, 0.25) is 5.91 Å². The highest BCUT2D eigenvalue weighted by Crippen LogP contribution is 2.39. The summed E-state index contributed by atoms with van der Waals surface area (Å²) >= 11 is 0. The number of aliphatic hydroxyl groups excluding tert-OH is 1. The van der Waals surface area contributed by atoms with Gasteiger partial charge in [-0.05, 0) is 75.9 Å². The van der Waals surface area contributed by atoms with Crippen LogP contribution < -0.4 is 4.74 Å². The zero-order valence-electron chi connectivity index (χ0n) is 24.1. The van der Waals surface area contributed by atoms with Crippen LogP contribution in [0.1, 0.15) is 73.9 Å². The van der Waals surface area contributed by atoms with Crippen LogP contribution in [0.3, 0.4) is 0 Å². The summed E-state index contributed by atoms with van der Waals surface area (Å²) in [5.41, 5.74) is 3.11. The lowest BCUT2D eigenvalue weighted by molar-refractivity contribution is -0.140. The predicted molar refractivity (Wildman–Crippen MR) is 147 cm³/mol. The number of amides is 1. The predicted octanol–water partition coefficient (Wildman–Crippen LogP) is 4.41. The Morgan fingerprint density at radius 3 is 2.36 bits per heavy atom. The minimum Gasteiger partial charge on any atom is -0.497 e. The molecule has 9 heteroatoms. The van der Waals surface area contributed by atoms with E-state index < -0.39 is 29.5 Å². The first kappa shape index (κ1) is 30.0. The van der Waals surface area contributed by atoms with Crippen LogP contribution in [0.2, 0.25) is 0 Å².